The number of thiazole rings is 1. The number of urea groups is 1. The molecule has 158 valence electrons. The zero-order valence-corrected chi connectivity index (χ0v) is 18.3. The summed E-state index contributed by atoms with van der Waals surface area (Å²) in [6.07, 6.45) is 0.975. The van der Waals surface area contributed by atoms with E-state index in [1.54, 1.807) is 43.8 Å². The first-order chi connectivity index (χ1) is 14.6. The van der Waals surface area contributed by atoms with Gasteiger partial charge in [-0.3, -0.25) is 0 Å². The highest BCUT2D eigenvalue weighted by Crippen LogP contribution is 2.32. The van der Waals surface area contributed by atoms with E-state index in [1.807, 2.05) is 4.90 Å². The van der Waals surface area contributed by atoms with Crippen LogP contribution in [0, 0.1) is 0 Å². The van der Waals surface area contributed by atoms with Crippen molar-refractivity contribution in [2.24, 2.45) is 0 Å². The van der Waals surface area contributed by atoms with Crippen molar-refractivity contribution in [2.45, 2.75) is 13.3 Å². The molecule has 4 rings (SSSR count). The molecule has 7 nitrogen and oxygen atoms in total. The van der Waals surface area contributed by atoms with Crippen LogP contribution in [0.5, 0.6) is 11.5 Å². The molecule has 1 fully saturated rings. The zero-order chi connectivity index (χ0) is 21.1. The second kappa shape index (κ2) is 8.79. The molecular formula is C22H26N4O3S. The number of ether oxygens (including phenoxy) is 2. The van der Waals surface area contributed by atoms with E-state index in [-0.39, 0.29) is 6.03 Å². The van der Waals surface area contributed by atoms with E-state index in [1.165, 1.54) is 10.3 Å². The molecule has 0 atom stereocenters. The maximum absolute atomic E-state index is 12.8. The summed E-state index contributed by atoms with van der Waals surface area (Å²) in [5.41, 5.74) is 3.01. The van der Waals surface area contributed by atoms with Crippen molar-refractivity contribution >= 4 is 38.4 Å². The van der Waals surface area contributed by atoms with Gasteiger partial charge in [0.1, 0.15) is 11.5 Å². The van der Waals surface area contributed by atoms with Crippen LogP contribution < -0.4 is 19.7 Å². The molecule has 2 amide bonds. The van der Waals surface area contributed by atoms with Gasteiger partial charge in [-0.05, 0) is 30.2 Å². The summed E-state index contributed by atoms with van der Waals surface area (Å²) in [6.45, 7) is 4.95. The molecule has 1 N–H and O–H groups in total. The summed E-state index contributed by atoms with van der Waals surface area (Å²) in [7, 11) is 3.17. The van der Waals surface area contributed by atoms with E-state index in [0.717, 1.165) is 30.2 Å². The van der Waals surface area contributed by atoms with Crippen LogP contribution in [0.3, 0.4) is 0 Å². The van der Waals surface area contributed by atoms with Crippen LogP contribution >= 0.6 is 11.3 Å². The van der Waals surface area contributed by atoms with Crippen molar-refractivity contribution in [2.75, 3.05) is 50.6 Å². The number of methoxy groups -OCH3 is 2. The minimum Gasteiger partial charge on any atom is -0.497 e. The lowest BCUT2D eigenvalue weighted by Gasteiger charge is -2.34. The normalized spacial score (nSPS) is 14.1. The van der Waals surface area contributed by atoms with E-state index < -0.39 is 0 Å². The number of hydrogen-bond acceptors (Lipinski definition) is 6. The highest BCUT2D eigenvalue weighted by atomic mass is 32.1. The van der Waals surface area contributed by atoms with Crippen molar-refractivity contribution < 1.29 is 14.3 Å². The maximum Gasteiger partial charge on any atom is 0.322 e. The van der Waals surface area contributed by atoms with Crippen LogP contribution in [0.4, 0.5) is 15.6 Å². The number of rotatable bonds is 5. The number of aryl methyl sites for hydroxylation is 1. The van der Waals surface area contributed by atoms with Crippen molar-refractivity contribution in [3.8, 4) is 11.5 Å². The van der Waals surface area contributed by atoms with Crippen LogP contribution in [0.15, 0.2) is 36.4 Å². The Hall–Kier alpha value is -3.00. The maximum atomic E-state index is 12.8. The Morgan fingerprint density at radius 3 is 2.63 bits per heavy atom. The Kier molecular flexibility index (Phi) is 5.94. The molecule has 1 aliphatic rings. The van der Waals surface area contributed by atoms with Crippen LogP contribution in [0.1, 0.15) is 12.5 Å². The quantitative estimate of drug-likeness (QED) is 0.661. The van der Waals surface area contributed by atoms with E-state index in [0.29, 0.717) is 30.3 Å². The molecule has 8 heteroatoms. The van der Waals surface area contributed by atoms with E-state index >= 15 is 0 Å². The highest BCUT2D eigenvalue weighted by molar-refractivity contribution is 7.22. The average Bonchev–Trinajstić information content (AvgIpc) is 3.24. The Morgan fingerprint density at radius 2 is 1.93 bits per heavy atom. The predicted molar refractivity (Wildman–Crippen MR) is 121 cm³/mol. The second-order valence-electron chi connectivity index (χ2n) is 7.08. The van der Waals surface area contributed by atoms with Gasteiger partial charge in [0.05, 0.1) is 30.1 Å². The van der Waals surface area contributed by atoms with Crippen LogP contribution in [-0.4, -0.2) is 56.3 Å². The number of amides is 2. The third kappa shape index (κ3) is 4.00. The number of aromatic nitrogens is 1. The summed E-state index contributed by atoms with van der Waals surface area (Å²) >= 11 is 1.72. The third-order valence-corrected chi connectivity index (χ3v) is 6.44. The van der Waals surface area contributed by atoms with Gasteiger partial charge >= 0.3 is 6.03 Å². The van der Waals surface area contributed by atoms with E-state index in [2.05, 4.69) is 35.3 Å². The third-order valence-electron chi connectivity index (χ3n) is 5.36. The first-order valence-corrected chi connectivity index (χ1v) is 10.9. The van der Waals surface area contributed by atoms with Gasteiger partial charge in [-0.25, -0.2) is 9.78 Å². The first kappa shape index (κ1) is 20.3. The number of carbonyl (C=O) groups excluding carboxylic acids is 1. The zero-order valence-electron chi connectivity index (χ0n) is 17.5. The largest absolute Gasteiger partial charge is 0.497 e. The fraction of sp³-hybridized carbons (Fsp3) is 0.364. The fourth-order valence-corrected chi connectivity index (χ4v) is 4.68. The summed E-state index contributed by atoms with van der Waals surface area (Å²) in [6, 6.07) is 11.6. The molecule has 0 saturated carbocycles. The van der Waals surface area contributed by atoms with E-state index in [4.69, 9.17) is 14.5 Å². The number of carbonyl (C=O) groups is 1. The number of benzene rings is 2. The van der Waals surface area contributed by atoms with Gasteiger partial charge in [-0.2, -0.15) is 0 Å². The van der Waals surface area contributed by atoms with Crippen molar-refractivity contribution in [3.63, 3.8) is 0 Å². The summed E-state index contributed by atoms with van der Waals surface area (Å²) < 4.78 is 11.8. The Balaban J connectivity index is 1.40. The fourth-order valence-electron chi connectivity index (χ4n) is 3.61. The number of fused-ring (bicyclic) bond motifs is 1. The number of anilines is 2. The number of hydrogen-bond donors (Lipinski definition) is 1. The lowest BCUT2D eigenvalue weighted by Crippen LogP contribution is -2.50. The van der Waals surface area contributed by atoms with Gasteiger partial charge in [-0.1, -0.05) is 30.4 Å². The van der Waals surface area contributed by atoms with Crippen LogP contribution in [0.25, 0.3) is 10.2 Å². The topological polar surface area (TPSA) is 66.9 Å². The monoisotopic (exact) mass is 426 g/mol. The molecule has 2 aromatic carbocycles. The number of nitrogens with one attached hydrogen (secondary N) is 1. The number of para-hydroxylation sites is 1. The van der Waals surface area contributed by atoms with Gasteiger partial charge in [-0.15, -0.1) is 0 Å². The van der Waals surface area contributed by atoms with Crippen molar-refractivity contribution in [3.05, 3.63) is 42.0 Å². The molecule has 2 heterocycles. The second-order valence-corrected chi connectivity index (χ2v) is 8.09. The SMILES string of the molecule is CCc1cccc2sc(N3CCN(C(=O)Nc4ccc(OC)cc4OC)CC3)nc12. The molecule has 0 radical (unpaired) electrons. The molecule has 0 unspecified atom stereocenters. The molecule has 1 aromatic heterocycles. The minimum absolute atomic E-state index is 0.129. The van der Waals surface area contributed by atoms with Gasteiger partial charge in [0, 0.05) is 32.2 Å². The lowest BCUT2D eigenvalue weighted by molar-refractivity contribution is 0.208. The molecule has 1 saturated heterocycles. The van der Waals surface area contributed by atoms with Gasteiger partial charge in [0.2, 0.25) is 0 Å². The minimum atomic E-state index is -0.129. The lowest BCUT2D eigenvalue weighted by atomic mass is 10.1. The van der Waals surface area contributed by atoms with Crippen LogP contribution in [0.2, 0.25) is 0 Å². The van der Waals surface area contributed by atoms with Gasteiger partial charge in [0.15, 0.2) is 5.13 Å². The number of piperazine rings is 1. The molecule has 0 aliphatic carbocycles. The Labute approximate surface area is 180 Å². The molecule has 1 aliphatic heterocycles. The first-order valence-electron chi connectivity index (χ1n) is 10.0. The summed E-state index contributed by atoms with van der Waals surface area (Å²) in [5.74, 6) is 1.25. The summed E-state index contributed by atoms with van der Waals surface area (Å²) in [5, 5.41) is 3.98. The average molecular weight is 427 g/mol. The number of nitrogens with zero attached hydrogens (tertiary/aromatic N) is 3. The molecule has 30 heavy (non-hydrogen) atoms. The van der Waals surface area contributed by atoms with Gasteiger partial charge < -0.3 is 24.6 Å². The van der Waals surface area contributed by atoms with Crippen LogP contribution in [-0.2, 0) is 6.42 Å². The van der Waals surface area contributed by atoms with Gasteiger partial charge in [0.25, 0.3) is 0 Å². The molecule has 0 spiro atoms. The molecule has 0 bridgehead atoms. The Bertz CT molecular complexity index is 1040. The van der Waals surface area contributed by atoms with Crippen molar-refractivity contribution in [1.82, 2.24) is 9.88 Å². The summed E-state index contributed by atoms with van der Waals surface area (Å²) in [4.78, 5) is 21.7. The molecular weight excluding hydrogens is 400 g/mol. The highest BCUT2D eigenvalue weighted by Gasteiger charge is 2.24. The molecule has 3 aromatic rings. The van der Waals surface area contributed by atoms with E-state index in [9.17, 15) is 4.79 Å². The standard InChI is InChI=1S/C22H26N4O3S/c1-4-15-6-5-7-19-20(15)24-22(30-19)26-12-10-25(11-13-26)21(27)23-17-9-8-16(28-2)14-18(17)29-3/h5-9,14H,4,10-13H2,1-3H3,(H,23,27). The van der Waals surface area contributed by atoms with Crippen molar-refractivity contribution in [1.29, 1.82) is 0 Å². The smallest absolute Gasteiger partial charge is 0.322 e. The predicted octanol–water partition coefficient (Wildman–Crippen LogP) is 4.23. The Morgan fingerprint density at radius 1 is 1.13 bits per heavy atom.